The summed E-state index contributed by atoms with van der Waals surface area (Å²) < 4.78 is 35.3. The fourth-order valence-corrected chi connectivity index (χ4v) is 4.31. The molecule has 0 atom stereocenters. The van der Waals surface area contributed by atoms with Crippen molar-refractivity contribution < 1.29 is 13.2 Å². The number of aryl methyl sites for hydroxylation is 1. The minimum Gasteiger partial charge on any atom is -0.492 e. The van der Waals surface area contributed by atoms with Crippen molar-refractivity contribution in [3.8, 4) is 5.75 Å². The van der Waals surface area contributed by atoms with Gasteiger partial charge in [0.25, 0.3) is 0 Å². The van der Waals surface area contributed by atoms with Crippen LogP contribution in [0.2, 0.25) is 0 Å². The van der Waals surface area contributed by atoms with Gasteiger partial charge in [0.2, 0.25) is 10.0 Å². The summed E-state index contributed by atoms with van der Waals surface area (Å²) >= 11 is 0. The fourth-order valence-electron chi connectivity index (χ4n) is 3.26. The third kappa shape index (κ3) is 7.47. The van der Waals surface area contributed by atoms with Crippen molar-refractivity contribution in [1.29, 1.82) is 0 Å². The molecule has 3 rings (SSSR count). The van der Waals surface area contributed by atoms with Crippen LogP contribution in [-0.4, -0.2) is 43.2 Å². The second kappa shape index (κ2) is 11.3. The number of para-hydroxylation sites is 1. The van der Waals surface area contributed by atoms with E-state index in [0.717, 1.165) is 31.0 Å². The summed E-state index contributed by atoms with van der Waals surface area (Å²) in [6, 6.07) is 18.2. The van der Waals surface area contributed by atoms with Crippen molar-refractivity contribution in [2.75, 3.05) is 19.7 Å². The Bertz CT molecular complexity index is 1050. The number of hydrogen-bond acceptors (Lipinski definition) is 5. The fraction of sp³-hybridized carbons (Fsp3) is 0.375. The molecule has 0 aliphatic rings. The lowest BCUT2D eigenvalue weighted by Crippen LogP contribution is -2.45. The van der Waals surface area contributed by atoms with Gasteiger partial charge in [0, 0.05) is 36.9 Å². The molecule has 1 heterocycles. The van der Waals surface area contributed by atoms with E-state index in [-0.39, 0.29) is 10.4 Å². The number of hydrogen-bond donors (Lipinski definition) is 2. The molecule has 0 unspecified atom stereocenters. The maximum atomic E-state index is 12.3. The Labute approximate surface area is 190 Å². The van der Waals surface area contributed by atoms with Gasteiger partial charge in [0.1, 0.15) is 12.4 Å². The first-order valence-electron chi connectivity index (χ1n) is 10.8. The van der Waals surface area contributed by atoms with Crippen LogP contribution in [0.1, 0.15) is 26.0 Å². The lowest BCUT2D eigenvalue weighted by Gasteiger charge is -2.26. The molecule has 0 aliphatic heterocycles. The normalized spacial score (nSPS) is 12.1. The van der Waals surface area contributed by atoms with Crippen LogP contribution in [0.15, 0.2) is 78.1 Å². The predicted octanol–water partition coefficient (Wildman–Crippen LogP) is 3.24. The van der Waals surface area contributed by atoms with E-state index in [1.54, 1.807) is 42.9 Å². The van der Waals surface area contributed by atoms with Crippen LogP contribution in [0.4, 0.5) is 0 Å². The maximum absolute atomic E-state index is 12.3. The number of benzene rings is 2. The molecule has 0 fully saturated rings. The number of sulfonamides is 1. The van der Waals surface area contributed by atoms with Crippen LogP contribution >= 0.6 is 0 Å². The zero-order valence-corrected chi connectivity index (χ0v) is 19.5. The summed E-state index contributed by atoms with van der Waals surface area (Å²) in [6.45, 7) is 6.79. The van der Waals surface area contributed by atoms with Gasteiger partial charge in [0.15, 0.2) is 0 Å². The van der Waals surface area contributed by atoms with E-state index in [1.165, 1.54) is 0 Å². The van der Waals surface area contributed by atoms with E-state index in [1.807, 2.05) is 30.3 Å². The first-order chi connectivity index (χ1) is 15.4. The number of imidazole rings is 1. The highest BCUT2D eigenvalue weighted by molar-refractivity contribution is 7.89. The zero-order valence-electron chi connectivity index (χ0n) is 18.7. The molecule has 7 nitrogen and oxygen atoms in total. The Morgan fingerprint density at radius 2 is 1.69 bits per heavy atom. The summed E-state index contributed by atoms with van der Waals surface area (Å²) in [5, 5.41) is 3.54. The predicted molar refractivity (Wildman–Crippen MR) is 126 cm³/mol. The van der Waals surface area contributed by atoms with E-state index in [0.29, 0.717) is 19.6 Å². The summed E-state index contributed by atoms with van der Waals surface area (Å²) in [4.78, 5) is 4.51. The maximum Gasteiger partial charge on any atom is 0.240 e. The largest absolute Gasteiger partial charge is 0.492 e. The van der Waals surface area contributed by atoms with Crippen LogP contribution in [0.3, 0.4) is 0 Å². The van der Waals surface area contributed by atoms with Gasteiger partial charge in [-0.2, -0.15) is 0 Å². The molecule has 2 aromatic carbocycles. The highest BCUT2D eigenvalue weighted by Gasteiger charge is 2.18. The molecule has 0 saturated carbocycles. The topological polar surface area (TPSA) is 85.2 Å². The average Bonchev–Trinajstić information content (AvgIpc) is 3.24. The van der Waals surface area contributed by atoms with Gasteiger partial charge in [-0.25, -0.2) is 18.1 Å². The van der Waals surface area contributed by atoms with Crippen molar-refractivity contribution in [2.24, 2.45) is 0 Å². The third-order valence-electron chi connectivity index (χ3n) is 5.05. The van der Waals surface area contributed by atoms with Gasteiger partial charge in [-0.3, -0.25) is 0 Å². The Kier molecular flexibility index (Phi) is 8.44. The minimum atomic E-state index is -3.49. The highest BCUT2D eigenvalue weighted by Crippen LogP contribution is 2.12. The number of nitrogens with zero attached hydrogens (tertiary/aromatic N) is 2. The Morgan fingerprint density at radius 1 is 1.00 bits per heavy atom. The number of nitrogens with one attached hydrogen (secondary N) is 2. The zero-order chi connectivity index (χ0) is 22.9. The van der Waals surface area contributed by atoms with E-state index >= 15 is 0 Å². The van der Waals surface area contributed by atoms with Gasteiger partial charge in [-0.15, -0.1) is 0 Å². The number of rotatable bonds is 13. The molecular weight excluding hydrogens is 424 g/mol. The lowest BCUT2D eigenvalue weighted by atomic mass is 10.1. The molecule has 8 heteroatoms. The summed E-state index contributed by atoms with van der Waals surface area (Å²) in [5.74, 6) is 0.869. The second-order valence-corrected chi connectivity index (χ2v) is 10.1. The van der Waals surface area contributed by atoms with Gasteiger partial charge < -0.3 is 14.6 Å². The van der Waals surface area contributed by atoms with Crippen molar-refractivity contribution in [3.63, 3.8) is 0 Å². The molecule has 0 amide bonds. The molecule has 0 saturated heterocycles. The van der Waals surface area contributed by atoms with Crippen LogP contribution < -0.4 is 14.8 Å². The first-order valence-corrected chi connectivity index (χ1v) is 12.3. The van der Waals surface area contributed by atoms with Gasteiger partial charge in [-0.1, -0.05) is 36.4 Å². The Balaban J connectivity index is 1.39. The average molecular weight is 457 g/mol. The number of ether oxygens (including phenoxy) is 1. The lowest BCUT2D eigenvalue weighted by molar-refractivity contribution is 0.207. The van der Waals surface area contributed by atoms with E-state index in [9.17, 15) is 8.42 Å². The standard InChI is InChI=1S/C24H32N4O3S/c1-24(2,19-31-22-10-5-3-6-11-22)26-15-9-17-28-20-25-18-21(28)14-16-27-32(29,30)23-12-7-4-8-13-23/h3-8,10-13,18,20,26-27H,9,14-17,19H2,1-2H3. The third-order valence-corrected chi connectivity index (χ3v) is 6.52. The molecular formula is C24H32N4O3S. The van der Waals surface area contributed by atoms with Crippen molar-refractivity contribution in [1.82, 2.24) is 19.6 Å². The molecule has 2 N–H and O–H groups in total. The first kappa shape index (κ1) is 24.0. The molecule has 0 aliphatic carbocycles. The molecule has 32 heavy (non-hydrogen) atoms. The van der Waals surface area contributed by atoms with Crippen LogP contribution in [-0.2, 0) is 23.0 Å². The van der Waals surface area contributed by atoms with Gasteiger partial charge in [-0.05, 0) is 51.1 Å². The quantitative estimate of drug-likeness (QED) is 0.386. The molecule has 0 spiro atoms. The van der Waals surface area contributed by atoms with Crippen LogP contribution in [0.5, 0.6) is 5.75 Å². The highest BCUT2D eigenvalue weighted by atomic mass is 32.2. The van der Waals surface area contributed by atoms with Gasteiger partial charge >= 0.3 is 0 Å². The number of aromatic nitrogens is 2. The summed E-state index contributed by atoms with van der Waals surface area (Å²) in [7, 11) is -3.49. The Hall–Kier alpha value is -2.68. The van der Waals surface area contributed by atoms with E-state index in [4.69, 9.17) is 4.74 Å². The smallest absolute Gasteiger partial charge is 0.240 e. The SMILES string of the molecule is CC(C)(COc1ccccc1)NCCCn1cncc1CCNS(=O)(=O)c1ccccc1. The molecule has 0 radical (unpaired) electrons. The van der Waals surface area contributed by atoms with Gasteiger partial charge in [0.05, 0.1) is 11.2 Å². The monoisotopic (exact) mass is 456 g/mol. The van der Waals surface area contributed by atoms with E-state index in [2.05, 4.69) is 33.4 Å². The Morgan fingerprint density at radius 3 is 2.41 bits per heavy atom. The second-order valence-electron chi connectivity index (χ2n) is 8.31. The van der Waals surface area contributed by atoms with E-state index < -0.39 is 10.0 Å². The molecule has 0 bridgehead atoms. The van der Waals surface area contributed by atoms with Crippen molar-refractivity contribution >= 4 is 10.0 Å². The van der Waals surface area contributed by atoms with Crippen molar-refractivity contribution in [3.05, 3.63) is 78.9 Å². The summed E-state index contributed by atoms with van der Waals surface area (Å²) in [6.07, 6.45) is 5.09. The van der Waals surface area contributed by atoms with Crippen molar-refractivity contribution in [2.45, 2.75) is 43.7 Å². The molecule has 172 valence electrons. The molecule has 3 aromatic rings. The minimum absolute atomic E-state index is 0.149. The van der Waals surface area contributed by atoms with Crippen LogP contribution in [0.25, 0.3) is 0 Å². The summed E-state index contributed by atoms with van der Waals surface area (Å²) in [5.41, 5.74) is 0.857. The molecule has 1 aromatic heterocycles. The van der Waals surface area contributed by atoms with Crippen LogP contribution in [0, 0.1) is 0 Å².